The van der Waals surface area contributed by atoms with Crippen LogP contribution in [-0.4, -0.2) is 80.0 Å². The zero-order chi connectivity index (χ0) is 27.2. The highest BCUT2D eigenvalue weighted by Crippen LogP contribution is 2.32. The van der Waals surface area contributed by atoms with E-state index in [4.69, 9.17) is 14.2 Å². The molecule has 0 radical (unpaired) electrons. The molecule has 212 valence electrons. The Labute approximate surface area is 232 Å². The van der Waals surface area contributed by atoms with Crippen LogP contribution >= 0.6 is 0 Å². The lowest BCUT2D eigenvalue weighted by Crippen LogP contribution is -2.54. The van der Waals surface area contributed by atoms with Crippen molar-refractivity contribution in [1.82, 2.24) is 15.2 Å². The van der Waals surface area contributed by atoms with E-state index in [1.54, 1.807) is 13.3 Å². The number of hydrogen-bond acceptors (Lipinski definition) is 7. The summed E-state index contributed by atoms with van der Waals surface area (Å²) in [4.78, 5) is 19.9. The molecule has 0 aliphatic carbocycles. The van der Waals surface area contributed by atoms with E-state index in [2.05, 4.69) is 46.8 Å². The summed E-state index contributed by atoms with van der Waals surface area (Å²) in [6.45, 7) is 7.68. The molecule has 3 aliphatic rings. The number of pyridine rings is 1. The number of methoxy groups -OCH3 is 1. The van der Waals surface area contributed by atoms with Crippen molar-refractivity contribution < 1.29 is 19.0 Å². The molecular weight excluding hydrogens is 492 g/mol. The predicted molar refractivity (Wildman–Crippen MR) is 152 cm³/mol. The first-order chi connectivity index (χ1) is 19.0. The molecule has 5 rings (SSSR count). The van der Waals surface area contributed by atoms with E-state index in [0.29, 0.717) is 30.9 Å². The third-order valence-corrected chi connectivity index (χ3v) is 8.56. The van der Waals surface area contributed by atoms with Crippen molar-refractivity contribution in [2.24, 2.45) is 0 Å². The number of carbonyl (C=O) groups is 1. The van der Waals surface area contributed by atoms with Crippen molar-refractivity contribution in [3.8, 4) is 0 Å². The Balaban J connectivity index is 1.13. The fourth-order valence-corrected chi connectivity index (χ4v) is 6.08. The Hall–Kier alpha value is -2.52. The third-order valence-electron chi connectivity index (χ3n) is 8.56. The Morgan fingerprint density at radius 1 is 1.08 bits per heavy atom. The van der Waals surface area contributed by atoms with Gasteiger partial charge in [0.15, 0.2) is 0 Å². The van der Waals surface area contributed by atoms with Gasteiger partial charge in [-0.3, -0.25) is 9.78 Å². The maximum absolute atomic E-state index is 13.5. The molecule has 1 aromatic carbocycles. The average molecular weight is 537 g/mol. The van der Waals surface area contributed by atoms with Crippen LogP contribution in [0.3, 0.4) is 0 Å². The Morgan fingerprint density at radius 2 is 1.87 bits per heavy atom. The van der Waals surface area contributed by atoms with Gasteiger partial charge in [-0.2, -0.15) is 0 Å². The van der Waals surface area contributed by atoms with Crippen LogP contribution in [0.4, 0.5) is 5.69 Å². The van der Waals surface area contributed by atoms with Crippen molar-refractivity contribution >= 4 is 11.6 Å². The van der Waals surface area contributed by atoms with E-state index in [1.807, 2.05) is 17.9 Å². The number of nitrogens with zero attached hydrogens (tertiary/aromatic N) is 2. The SMILES string of the molecule is COC1COCCC1NC1CCN(C(=O)c2nccc(NC[C@H]3CCC[C@@H](c4ccc(C)cc4)O3)c2C)CC1. The van der Waals surface area contributed by atoms with Gasteiger partial charge in [-0.25, -0.2) is 0 Å². The van der Waals surface area contributed by atoms with Crippen LogP contribution in [-0.2, 0) is 14.2 Å². The minimum Gasteiger partial charge on any atom is -0.382 e. The van der Waals surface area contributed by atoms with Crippen molar-refractivity contribution in [3.63, 3.8) is 0 Å². The van der Waals surface area contributed by atoms with E-state index in [1.165, 1.54) is 11.1 Å². The molecule has 0 saturated carbocycles. The van der Waals surface area contributed by atoms with E-state index in [0.717, 1.165) is 69.5 Å². The number of hydrogen-bond donors (Lipinski definition) is 2. The van der Waals surface area contributed by atoms with Gasteiger partial charge in [-0.1, -0.05) is 29.8 Å². The molecule has 1 aromatic heterocycles. The molecular formula is C31H44N4O4. The van der Waals surface area contributed by atoms with Crippen LogP contribution in [0.25, 0.3) is 0 Å². The molecule has 0 spiro atoms. The number of nitrogens with one attached hydrogen (secondary N) is 2. The fourth-order valence-electron chi connectivity index (χ4n) is 6.08. The first-order valence-electron chi connectivity index (χ1n) is 14.6. The first kappa shape index (κ1) is 28.0. The summed E-state index contributed by atoms with van der Waals surface area (Å²) in [6.07, 6.45) is 8.16. The van der Waals surface area contributed by atoms with Crippen molar-refractivity contribution in [2.45, 2.75) is 82.8 Å². The molecule has 2 unspecified atom stereocenters. The van der Waals surface area contributed by atoms with Crippen LogP contribution < -0.4 is 10.6 Å². The lowest BCUT2D eigenvalue weighted by Gasteiger charge is -2.38. The van der Waals surface area contributed by atoms with E-state index < -0.39 is 0 Å². The Kier molecular flexibility index (Phi) is 9.50. The number of rotatable bonds is 8. The van der Waals surface area contributed by atoms with E-state index in [9.17, 15) is 4.79 Å². The molecule has 1 amide bonds. The minimum atomic E-state index is 0.0174. The summed E-state index contributed by atoms with van der Waals surface area (Å²) in [7, 11) is 1.75. The first-order valence-corrected chi connectivity index (χ1v) is 14.6. The normalized spacial score (nSPS) is 26.4. The summed E-state index contributed by atoms with van der Waals surface area (Å²) in [5.41, 5.74) is 4.92. The van der Waals surface area contributed by atoms with E-state index in [-0.39, 0.29) is 24.2 Å². The highest BCUT2D eigenvalue weighted by molar-refractivity contribution is 5.95. The van der Waals surface area contributed by atoms with Gasteiger partial charge in [-0.15, -0.1) is 0 Å². The van der Waals surface area contributed by atoms with Gasteiger partial charge in [-0.05, 0) is 64.0 Å². The molecule has 4 heterocycles. The third kappa shape index (κ3) is 6.98. The van der Waals surface area contributed by atoms with Crippen LogP contribution in [0.15, 0.2) is 36.5 Å². The number of ether oxygens (including phenoxy) is 3. The number of amides is 1. The quantitative estimate of drug-likeness (QED) is 0.517. The number of carbonyl (C=O) groups excluding carboxylic acids is 1. The van der Waals surface area contributed by atoms with Gasteiger partial charge in [0.05, 0.1) is 24.9 Å². The topological polar surface area (TPSA) is 85.0 Å². The molecule has 2 aromatic rings. The van der Waals surface area contributed by atoms with Crippen LogP contribution in [0.1, 0.15) is 71.8 Å². The number of aromatic nitrogens is 1. The number of aryl methyl sites for hydroxylation is 1. The molecule has 3 saturated heterocycles. The largest absolute Gasteiger partial charge is 0.382 e. The molecule has 0 bridgehead atoms. The molecule has 3 aliphatic heterocycles. The van der Waals surface area contributed by atoms with Gasteiger partial charge in [0, 0.05) is 62.9 Å². The smallest absolute Gasteiger partial charge is 0.272 e. The molecule has 3 fully saturated rings. The van der Waals surface area contributed by atoms with Gasteiger partial charge < -0.3 is 29.7 Å². The van der Waals surface area contributed by atoms with Crippen LogP contribution in [0.5, 0.6) is 0 Å². The van der Waals surface area contributed by atoms with Crippen molar-refractivity contribution in [2.75, 3.05) is 45.3 Å². The van der Waals surface area contributed by atoms with Gasteiger partial charge in [0.1, 0.15) is 5.69 Å². The minimum absolute atomic E-state index is 0.0174. The summed E-state index contributed by atoms with van der Waals surface area (Å²) in [5, 5.41) is 7.32. The maximum Gasteiger partial charge on any atom is 0.272 e. The monoisotopic (exact) mass is 536 g/mol. The standard InChI is InChI=1S/C31H44N4O4/c1-21-7-9-23(10-8-21)28-6-4-5-25(39-28)19-33-26-11-15-32-30(22(26)2)31(36)35-16-12-24(13-17-35)34-27-14-18-38-20-29(27)37-3/h7-11,15,24-25,27-29,34H,4-6,12-14,16-20H2,1-3H3,(H,32,33)/t25-,27?,28+,29?/m1/s1. The highest BCUT2D eigenvalue weighted by Gasteiger charge is 2.31. The predicted octanol–water partition coefficient (Wildman–Crippen LogP) is 4.42. The molecule has 2 N–H and O–H groups in total. The van der Waals surface area contributed by atoms with Crippen LogP contribution in [0.2, 0.25) is 0 Å². The van der Waals surface area contributed by atoms with Gasteiger partial charge in [0.2, 0.25) is 0 Å². The number of piperidine rings is 1. The molecule has 39 heavy (non-hydrogen) atoms. The fraction of sp³-hybridized carbons (Fsp3) is 0.613. The zero-order valence-corrected chi connectivity index (χ0v) is 23.7. The van der Waals surface area contributed by atoms with Gasteiger partial charge in [0.25, 0.3) is 5.91 Å². The lowest BCUT2D eigenvalue weighted by molar-refractivity contribution is -0.0533. The second kappa shape index (κ2) is 13.2. The number of anilines is 1. The lowest BCUT2D eigenvalue weighted by atomic mass is 9.97. The number of likely N-dealkylation sites (tertiary alicyclic amines) is 1. The molecule has 8 heteroatoms. The van der Waals surface area contributed by atoms with Crippen LogP contribution in [0, 0.1) is 13.8 Å². The second-order valence-corrected chi connectivity index (χ2v) is 11.3. The van der Waals surface area contributed by atoms with Gasteiger partial charge >= 0.3 is 0 Å². The van der Waals surface area contributed by atoms with Crippen molar-refractivity contribution in [1.29, 1.82) is 0 Å². The summed E-state index contributed by atoms with van der Waals surface area (Å²) >= 11 is 0. The average Bonchev–Trinajstić information content (AvgIpc) is 2.97. The number of benzene rings is 1. The summed E-state index contributed by atoms with van der Waals surface area (Å²) in [5.74, 6) is 0.0174. The maximum atomic E-state index is 13.5. The molecule has 8 nitrogen and oxygen atoms in total. The Bertz CT molecular complexity index is 1090. The second-order valence-electron chi connectivity index (χ2n) is 11.3. The molecule has 4 atom stereocenters. The van der Waals surface area contributed by atoms with E-state index >= 15 is 0 Å². The highest BCUT2D eigenvalue weighted by atomic mass is 16.5. The Morgan fingerprint density at radius 3 is 2.64 bits per heavy atom. The summed E-state index contributed by atoms with van der Waals surface area (Å²) < 4.78 is 17.6. The van der Waals surface area contributed by atoms with Crippen molar-refractivity contribution in [3.05, 3.63) is 58.9 Å². The summed E-state index contributed by atoms with van der Waals surface area (Å²) in [6, 6.07) is 11.3. The zero-order valence-electron chi connectivity index (χ0n) is 23.7.